The fourth-order valence-corrected chi connectivity index (χ4v) is 2.25. The number of benzene rings is 1. The molecule has 76 valence electrons. The summed E-state index contributed by atoms with van der Waals surface area (Å²) in [6.07, 6.45) is 0.370. The molecule has 3 heteroatoms. The Morgan fingerprint density at radius 1 is 1.47 bits per heavy atom. The van der Waals surface area contributed by atoms with E-state index in [1.165, 1.54) is 0 Å². The minimum absolute atomic E-state index is 0.0639. The maximum absolute atomic E-state index is 11.5. The summed E-state index contributed by atoms with van der Waals surface area (Å²) in [6.45, 7) is 5.36. The van der Waals surface area contributed by atoms with Crippen molar-refractivity contribution in [1.29, 1.82) is 0 Å². The van der Waals surface area contributed by atoms with Crippen LogP contribution < -0.4 is 0 Å². The van der Waals surface area contributed by atoms with Crippen LogP contribution in [-0.4, -0.2) is 10.8 Å². The Morgan fingerprint density at radius 3 is 2.87 bits per heavy atom. The highest BCUT2D eigenvalue weighted by Gasteiger charge is 2.08. The van der Waals surface area contributed by atoms with Gasteiger partial charge in [-0.1, -0.05) is 18.7 Å². The molecule has 0 saturated heterocycles. The molecule has 0 aliphatic rings. The minimum atomic E-state index is 0.0639. The van der Waals surface area contributed by atoms with Crippen LogP contribution in [0.2, 0.25) is 0 Å². The van der Waals surface area contributed by atoms with Gasteiger partial charge in [0.05, 0.1) is 16.6 Å². The highest BCUT2D eigenvalue weighted by molar-refractivity contribution is 7.18. The molecular weight excluding hydrogens is 206 g/mol. The largest absolute Gasteiger partial charge is 0.294 e. The Morgan fingerprint density at radius 2 is 2.20 bits per heavy atom. The smallest absolute Gasteiger partial charge is 0.164 e. The van der Waals surface area contributed by atoms with E-state index in [4.69, 9.17) is 0 Å². The van der Waals surface area contributed by atoms with Crippen LogP contribution in [0.1, 0.15) is 11.9 Å². The second kappa shape index (κ2) is 3.95. The number of para-hydroxylation sites is 1. The summed E-state index contributed by atoms with van der Waals surface area (Å²) in [5, 5.41) is 0.865. The molecule has 1 aromatic heterocycles. The molecule has 0 atom stereocenters. The van der Waals surface area contributed by atoms with Gasteiger partial charge in [0, 0.05) is 0 Å². The highest BCUT2D eigenvalue weighted by atomic mass is 32.1. The van der Waals surface area contributed by atoms with Crippen molar-refractivity contribution in [3.8, 4) is 0 Å². The van der Waals surface area contributed by atoms with Crippen LogP contribution in [0.25, 0.3) is 10.2 Å². The van der Waals surface area contributed by atoms with Crippen molar-refractivity contribution in [3.63, 3.8) is 0 Å². The lowest BCUT2D eigenvalue weighted by molar-refractivity contribution is -0.114. The Bertz CT molecular complexity index is 494. The number of aromatic nitrogens is 1. The molecule has 0 radical (unpaired) electrons. The first kappa shape index (κ1) is 10.1. The quantitative estimate of drug-likeness (QED) is 0.740. The van der Waals surface area contributed by atoms with E-state index in [1.54, 1.807) is 18.3 Å². The molecule has 0 amide bonds. The molecule has 2 rings (SSSR count). The van der Waals surface area contributed by atoms with E-state index in [0.29, 0.717) is 12.0 Å². The van der Waals surface area contributed by atoms with E-state index in [1.807, 2.05) is 24.3 Å². The lowest BCUT2D eigenvalue weighted by atomic mass is 10.2. The Hall–Kier alpha value is -1.48. The van der Waals surface area contributed by atoms with Gasteiger partial charge in [-0.3, -0.25) is 4.79 Å². The molecule has 15 heavy (non-hydrogen) atoms. The fourth-order valence-electron chi connectivity index (χ4n) is 1.28. The standard InChI is InChI=1S/C12H11NOS/c1-8(2)10(14)7-12-13-9-5-3-4-6-11(9)15-12/h3-6H,1,7H2,2H3. The number of carbonyl (C=O) groups excluding carboxylic acids is 1. The van der Waals surface area contributed by atoms with Gasteiger partial charge < -0.3 is 0 Å². The fraction of sp³-hybridized carbons (Fsp3) is 0.167. The molecule has 0 N–H and O–H groups in total. The van der Waals surface area contributed by atoms with Crippen LogP contribution in [0.4, 0.5) is 0 Å². The molecule has 0 aliphatic heterocycles. The van der Waals surface area contributed by atoms with Gasteiger partial charge in [-0.2, -0.15) is 0 Å². The van der Waals surface area contributed by atoms with E-state index < -0.39 is 0 Å². The summed E-state index contributed by atoms with van der Waals surface area (Å²) in [5.41, 5.74) is 1.56. The molecule has 0 fully saturated rings. The zero-order valence-corrected chi connectivity index (χ0v) is 9.30. The number of ketones is 1. The van der Waals surface area contributed by atoms with Crippen LogP contribution in [0.3, 0.4) is 0 Å². The second-order valence-corrected chi connectivity index (χ2v) is 4.57. The normalized spacial score (nSPS) is 10.5. The lowest BCUT2D eigenvalue weighted by Gasteiger charge is -1.93. The van der Waals surface area contributed by atoms with E-state index >= 15 is 0 Å². The predicted molar refractivity (Wildman–Crippen MR) is 63.1 cm³/mol. The Balaban J connectivity index is 2.30. The molecule has 0 spiro atoms. The molecule has 0 saturated carbocycles. The second-order valence-electron chi connectivity index (χ2n) is 3.46. The first-order valence-corrected chi connectivity index (χ1v) is 5.51. The number of fused-ring (bicyclic) bond motifs is 1. The van der Waals surface area contributed by atoms with Crippen molar-refractivity contribution < 1.29 is 4.79 Å². The summed E-state index contributed by atoms with van der Waals surface area (Å²) < 4.78 is 1.13. The van der Waals surface area contributed by atoms with Gasteiger partial charge in [0.25, 0.3) is 0 Å². The number of rotatable bonds is 3. The maximum atomic E-state index is 11.5. The summed E-state index contributed by atoms with van der Waals surface area (Å²) in [5.74, 6) is 0.0639. The van der Waals surface area contributed by atoms with Gasteiger partial charge in [-0.15, -0.1) is 11.3 Å². The van der Waals surface area contributed by atoms with Crippen LogP contribution in [-0.2, 0) is 11.2 Å². The number of allylic oxidation sites excluding steroid dienone is 1. The molecule has 1 heterocycles. The number of hydrogen-bond donors (Lipinski definition) is 0. The van der Waals surface area contributed by atoms with Crippen molar-refractivity contribution in [1.82, 2.24) is 4.98 Å². The van der Waals surface area contributed by atoms with E-state index in [-0.39, 0.29) is 5.78 Å². The van der Waals surface area contributed by atoms with Crippen LogP contribution >= 0.6 is 11.3 Å². The summed E-state index contributed by atoms with van der Waals surface area (Å²) in [4.78, 5) is 15.8. The average molecular weight is 217 g/mol. The van der Waals surface area contributed by atoms with Crippen LogP contribution in [0.5, 0.6) is 0 Å². The van der Waals surface area contributed by atoms with Gasteiger partial charge in [0.2, 0.25) is 0 Å². The van der Waals surface area contributed by atoms with Gasteiger partial charge in [0.1, 0.15) is 5.01 Å². The Labute approximate surface area is 92.3 Å². The number of hydrogen-bond acceptors (Lipinski definition) is 3. The third kappa shape index (κ3) is 2.13. The summed E-state index contributed by atoms with van der Waals surface area (Å²) in [7, 11) is 0. The van der Waals surface area contributed by atoms with Gasteiger partial charge in [0.15, 0.2) is 5.78 Å². The average Bonchev–Trinajstić information content (AvgIpc) is 2.59. The number of nitrogens with zero attached hydrogens (tertiary/aromatic N) is 1. The first-order chi connectivity index (χ1) is 7.16. The molecule has 0 bridgehead atoms. The minimum Gasteiger partial charge on any atom is -0.294 e. The van der Waals surface area contributed by atoms with E-state index in [2.05, 4.69) is 11.6 Å². The number of Topliss-reactive ketones (excluding diaryl/α,β-unsaturated/α-hetero) is 1. The molecule has 0 aliphatic carbocycles. The monoisotopic (exact) mass is 217 g/mol. The van der Waals surface area contributed by atoms with Gasteiger partial charge in [-0.05, 0) is 24.6 Å². The summed E-state index contributed by atoms with van der Waals surface area (Å²) >= 11 is 1.57. The predicted octanol–water partition coefficient (Wildman–Crippen LogP) is 2.98. The van der Waals surface area contributed by atoms with Crippen molar-refractivity contribution in [2.45, 2.75) is 13.3 Å². The highest BCUT2D eigenvalue weighted by Crippen LogP contribution is 2.22. The molecule has 1 aromatic carbocycles. The van der Waals surface area contributed by atoms with E-state index in [0.717, 1.165) is 15.2 Å². The Kier molecular flexibility index (Phi) is 2.64. The van der Waals surface area contributed by atoms with Gasteiger partial charge in [-0.25, -0.2) is 4.98 Å². The summed E-state index contributed by atoms with van der Waals surface area (Å²) in [6, 6.07) is 7.90. The molecule has 2 nitrogen and oxygen atoms in total. The molecule has 0 unspecified atom stereocenters. The van der Waals surface area contributed by atoms with E-state index in [9.17, 15) is 4.79 Å². The zero-order chi connectivity index (χ0) is 10.8. The first-order valence-electron chi connectivity index (χ1n) is 4.70. The topological polar surface area (TPSA) is 30.0 Å². The van der Waals surface area contributed by atoms with Crippen LogP contribution in [0.15, 0.2) is 36.4 Å². The van der Waals surface area contributed by atoms with Crippen molar-refractivity contribution >= 4 is 27.3 Å². The van der Waals surface area contributed by atoms with Crippen molar-refractivity contribution in [2.75, 3.05) is 0 Å². The van der Waals surface area contributed by atoms with Crippen molar-refractivity contribution in [3.05, 3.63) is 41.4 Å². The zero-order valence-electron chi connectivity index (χ0n) is 8.49. The molecule has 2 aromatic rings. The van der Waals surface area contributed by atoms with Crippen molar-refractivity contribution in [2.24, 2.45) is 0 Å². The van der Waals surface area contributed by atoms with Gasteiger partial charge >= 0.3 is 0 Å². The maximum Gasteiger partial charge on any atom is 0.164 e. The SMILES string of the molecule is C=C(C)C(=O)Cc1nc2ccccc2s1. The third-order valence-electron chi connectivity index (χ3n) is 2.13. The lowest BCUT2D eigenvalue weighted by Crippen LogP contribution is -2.02. The molecular formula is C12H11NOS. The third-order valence-corrected chi connectivity index (χ3v) is 3.16. The van der Waals surface area contributed by atoms with Crippen LogP contribution in [0, 0.1) is 0 Å². The number of carbonyl (C=O) groups is 1. The number of thiazole rings is 1.